The van der Waals surface area contributed by atoms with E-state index in [-0.39, 0.29) is 11.2 Å². The van der Waals surface area contributed by atoms with E-state index in [2.05, 4.69) is 12.2 Å². The first kappa shape index (κ1) is 12.0. The largest absolute Gasteiger partial charge is 0.497 e. The molecule has 0 saturated carbocycles. The van der Waals surface area contributed by atoms with E-state index in [1.807, 2.05) is 30.4 Å². The Morgan fingerprint density at radius 2 is 1.47 bits per heavy atom. The van der Waals surface area contributed by atoms with Gasteiger partial charge in [0.25, 0.3) is 0 Å². The van der Waals surface area contributed by atoms with E-state index in [1.54, 1.807) is 20.3 Å². The summed E-state index contributed by atoms with van der Waals surface area (Å²) in [5, 5.41) is 0. The molecule has 0 unspecified atom stereocenters. The molecule has 0 heterocycles. The van der Waals surface area contributed by atoms with Crippen molar-refractivity contribution in [1.82, 2.24) is 0 Å². The summed E-state index contributed by atoms with van der Waals surface area (Å²) in [7, 11) is 3.28. The molecule has 0 radical (unpaired) electrons. The molecule has 19 heavy (non-hydrogen) atoms. The number of allylic oxidation sites excluding steroid dienone is 8. The Kier molecular flexibility index (Phi) is 2.52. The molecule has 0 bridgehead atoms. The number of rotatable bonds is 2. The molecule has 0 atom stereocenters. The first-order valence-corrected chi connectivity index (χ1v) is 6.27. The van der Waals surface area contributed by atoms with Gasteiger partial charge >= 0.3 is 0 Å². The predicted molar refractivity (Wildman–Crippen MR) is 72.1 cm³/mol. The lowest BCUT2D eigenvalue weighted by atomic mass is 9.55. The summed E-state index contributed by atoms with van der Waals surface area (Å²) in [6, 6.07) is 0. The van der Waals surface area contributed by atoms with Crippen molar-refractivity contribution in [3.05, 3.63) is 60.1 Å². The first-order valence-electron chi connectivity index (χ1n) is 6.27. The van der Waals surface area contributed by atoms with Crippen LogP contribution in [0.25, 0.3) is 0 Å². The molecule has 0 aromatic carbocycles. The quantitative estimate of drug-likeness (QED) is 0.762. The summed E-state index contributed by atoms with van der Waals surface area (Å²) in [6.07, 6.45) is 16.2. The lowest BCUT2D eigenvalue weighted by Crippen LogP contribution is -2.43. The van der Waals surface area contributed by atoms with Gasteiger partial charge in [-0.25, -0.2) is 0 Å². The molecule has 0 aromatic rings. The number of hydrogen-bond acceptors (Lipinski definition) is 3. The van der Waals surface area contributed by atoms with Crippen molar-refractivity contribution in [2.45, 2.75) is 6.42 Å². The smallest absolute Gasteiger partial charge is 0.156 e. The highest BCUT2D eigenvalue weighted by Gasteiger charge is 2.50. The van der Waals surface area contributed by atoms with Gasteiger partial charge in [0.05, 0.1) is 14.2 Å². The van der Waals surface area contributed by atoms with E-state index in [0.717, 1.165) is 11.5 Å². The molecule has 3 heteroatoms. The van der Waals surface area contributed by atoms with E-state index >= 15 is 0 Å². The number of methoxy groups -OCH3 is 2. The third kappa shape index (κ3) is 1.61. The minimum Gasteiger partial charge on any atom is -0.497 e. The monoisotopic (exact) mass is 256 g/mol. The molecule has 3 aliphatic rings. The van der Waals surface area contributed by atoms with E-state index in [1.165, 1.54) is 0 Å². The van der Waals surface area contributed by atoms with Crippen LogP contribution in [0.4, 0.5) is 0 Å². The maximum Gasteiger partial charge on any atom is 0.156 e. The number of ether oxygens (including phenoxy) is 2. The fourth-order valence-electron chi connectivity index (χ4n) is 3.05. The van der Waals surface area contributed by atoms with E-state index in [9.17, 15) is 4.79 Å². The average molecular weight is 256 g/mol. The zero-order chi connectivity index (χ0) is 13.5. The van der Waals surface area contributed by atoms with Crippen LogP contribution >= 0.6 is 0 Å². The number of carbonyl (C=O) groups is 1. The van der Waals surface area contributed by atoms with Crippen molar-refractivity contribution in [1.29, 1.82) is 0 Å². The van der Waals surface area contributed by atoms with Crippen molar-refractivity contribution < 1.29 is 14.3 Å². The van der Waals surface area contributed by atoms with E-state index in [0.29, 0.717) is 6.42 Å². The lowest BCUT2D eigenvalue weighted by Gasteiger charge is -2.47. The lowest BCUT2D eigenvalue weighted by molar-refractivity contribution is -0.117. The van der Waals surface area contributed by atoms with Crippen LogP contribution < -0.4 is 0 Å². The Balaban J connectivity index is 2.20. The molecule has 0 saturated heterocycles. The van der Waals surface area contributed by atoms with E-state index in [4.69, 9.17) is 9.47 Å². The molecule has 3 nitrogen and oxygen atoms in total. The molecule has 0 aromatic heterocycles. The molecule has 3 rings (SSSR count). The van der Waals surface area contributed by atoms with Crippen molar-refractivity contribution in [3.63, 3.8) is 0 Å². The number of carbonyl (C=O) groups excluding carboxylic acids is 1. The normalized spacial score (nSPS) is 35.2. The van der Waals surface area contributed by atoms with Crippen LogP contribution in [-0.2, 0) is 14.3 Å². The van der Waals surface area contributed by atoms with Gasteiger partial charge in [0, 0.05) is 17.3 Å². The zero-order valence-electron chi connectivity index (χ0n) is 11.1. The van der Waals surface area contributed by atoms with Crippen LogP contribution in [0, 0.1) is 10.8 Å². The Bertz CT molecular complexity index is 541. The first-order chi connectivity index (χ1) is 9.13. The molecule has 3 aliphatic carbocycles. The Morgan fingerprint density at radius 3 is 2.00 bits per heavy atom. The van der Waals surface area contributed by atoms with Crippen molar-refractivity contribution in [2.24, 2.45) is 10.8 Å². The standard InChI is InChI=1S/C16H16O3/c1-18-13-4-7-15-6-3-12(17)9-16(15,10-13)11-14(19-2)5-8-15/h3-8,10-11H,9H2,1-2H3. The molecule has 0 fully saturated rings. The highest BCUT2D eigenvalue weighted by Crippen LogP contribution is 2.56. The number of ketones is 1. The third-order valence-electron chi connectivity index (χ3n) is 4.14. The second-order valence-corrected chi connectivity index (χ2v) is 5.12. The molecular formula is C16H16O3. The summed E-state index contributed by atoms with van der Waals surface area (Å²) in [5.41, 5.74) is -0.704. The Morgan fingerprint density at radius 1 is 0.947 bits per heavy atom. The molecule has 98 valence electrons. The van der Waals surface area contributed by atoms with Gasteiger partial charge in [0.1, 0.15) is 11.5 Å². The van der Waals surface area contributed by atoms with Crippen LogP contribution in [-0.4, -0.2) is 20.0 Å². The SMILES string of the molecule is COC1=CC23C=C(OC)C=CC2(C=CC(=O)C3)C=C1. The van der Waals surface area contributed by atoms with Crippen molar-refractivity contribution >= 4 is 5.78 Å². The van der Waals surface area contributed by atoms with Gasteiger partial charge in [-0.05, 0) is 30.4 Å². The summed E-state index contributed by atoms with van der Waals surface area (Å²) in [6.45, 7) is 0. The van der Waals surface area contributed by atoms with Crippen molar-refractivity contribution in [2.75, 3.05) is 14.2 Å². The van der Waals surface area contributed by atoms with Crippen LogP contribution in [0.3, 0.4) is 0 Å². The maximum atomic E-state index is 11.9. The molecule has 0 N–H and O–H groups in total. The highest BCUT2D eigenvalue weighted by molar-refractivity contribution is 5.93. The van der Waals surface area contributed by atoms with Gasteiger partial charge in [-0.15, -0.1) is 0 Å². The summed E-state index contributed by atoms with van der Waals surface area (Å²) in [5.74, 6) is 1.68. The van der Waals surface area contributed by atoms with Gasteiger partial charge in [0.2, 0.25) is 0 Å². The topological polar surface area (TPSA) is 35.5 Å². The fourth-order valence-corrected chi connectivity index (χ4v) is 3.05. The molecule has 0 amide bonds. The van der Waals surface area contributed by atoms with Gasteiger partial charge in [-0.2, -0.15) is 0 Å². The Hall–Kier alpha value is -2.03. The van der Waals surface area contributed by atoms with Gasteiger partial charge in [-0.3, -0.25) is 4.79 Å². The third-order valence-corrected chi connectivity index (χ3v) is 4.14. The van der Waals surface area contributed by atoms with Crippen LogP contribution in [0.1, 0.15) is 6.42 Å². The summed E-state index contributed by atoms with van der Waals surface area (Å²) in [4.78, 5) is 11.9. The zero-order valence-corrected chi connectivity index (χ0v) is 11.1. The summed E-state index contributed by atoms with van der Waals surface area (Å²) >= 11 is 0. The van der Waals surface area contributed by atoms with Gasteiger partial charge in [0.15, 0.2) is 5.78 Å². The molecule has 0 aliphatic heterocycles. The van der Waals surface area contributed by atoms with Crippen LogP contribution in [0.15, 0.2) is 60.1 Å². The van der Waals surface area contributed by atoms with Crippen molar-refractivity contribution in [3.8, 4) is 0 Å². The van der Waals surface area contributed by atoms with Crippen LogP contribution in [0.2, 0.25) is 0 Å². The minimum absolute atomic E-state index is 0.125. The second kappa shape index (κ2) is 3.98. The van der Waals surface area contributed by atoms with Gasteiger partial charge in [-0.1, -0.05) is 18.2 Å². The molecule has 0 spiro atoms. The highest BCUT2D eigenvalue weighted by atomic mass is 16.5. The maximum absolute atomic E-state index is 11.9. The predicted octanol–water partition coefficient (Wildman–Crippen LogP) is 2.69. The second-order valence-electron chi connectivity index (χ2n) is 5.12. The summed E-state index contributed by atoms with van der Waals surface area (Å²) < 4.78 is 10.7. The fraction of sp³-hybridized carbons (Fsp3) is 0.312. The Labute approximate surface area is 112 Å². The average Bonchev–Trinajstić information content (AvgIpc) is 2.44. The molecular weight excluding hydrogens is 240 g/mol. The van der Waals surface area contributed by atoms with E-state index < -0.39 is 5.41 Å². The van der Waals surface area contributed by atoms with Crippen LogP contribution in [0.5, 0.6) is 0 Å². The van der Waals surface area contributed by atoms with Gasteiger partial charge < -0.3 is 9.47 Å². The minimum atomic E-state index is -0.418. The number of hydrogen-bond donors (Lipinski definition) is 0.